The molecule has 2 aromatic rings. The van der Waals surface area contributed by atoms with E-state index in [0.29, 0.717) is 17.9 Å². The first kappa shape index (κ1) is 19.3. The second-order valence-electron chi connectivity index (χ2n) is 5.33. The Morgan fingerprint density at radius 1 is 1.04 bits per heavy atom. The maximum absolute atomic E-state index is 13.1. The Morgan fingerprint density at radius 3 is 2.20 bits per heavy atom. The number of nitrogens with zero attached hydrogens (tertiary/aromatic N) is 1. The summed E-state index contributed by atoms with van der Waals surface area (Å²) in [6, 6.07) is 10.9. The molecule has 0 radical (unpaired) electrons. The predicted octanol–water partition coefficient (Wildman–Crippen LogP) is 3.92. The van der Waals surface area contributed by atoms with Gasteiger partial charge in [0.15, 0.2) is 0 Å². The van der Waals surface area contributed by atoms with Crippen LogP contribution >= 0.6 is 0 Å². The lowest BCUT2D eigenvalue weighted by molar-refractivity contribution is -0.139. The Balaban J connectivity index is 2.28. The van der Waals surface area contributed by atoms with Gasteiger partial charge >= 0.3 is 6.18 Å². The van der Waals surface area contributed by atoms with E-state index in [9.17, 15) is 21.6 Å². The molecular weight excluding hydrogens is 355 g/mol. The largest absolute Gasteiger partial charge is 0.494 e. The molecule has 0 aliphatic carbocycles. The fourth-order valence-corrected chi connectivity index (χ4v) is 3.66. The highest BCUT2D eigenvalue weighted by molar-refractivity contribution is 7.89. The minimum atomic E-state index is -4.75. The summed E-state index contributed by atoms with van der Waals surface area (Å²) >= 11 is 0. The van der Waals surface area contributed by atoms with E-state index >= 15 is 0 Å². The monoisotopic (exact) mass is 373 g/mol. The summed E-state index contributed by atoms with van der Waals surface area (Å²) in [5.74, 6) is 0.638. The van der Waals surface area contributed by atoms with Gasteiger partial charge in [-0.3, -0.25) is 0 Å². The predicted molar refractivity (Wildman–Crippen MR) is 87.7 cm³/mol. The van der Waals surface area contributed by atoms with Crippen LogP contribution in [0, 0.1) is 0 Å². The first-order valence-corrected chi connectivity index (χ1v) is 8.94. The van der Waals surface area contributed by atoms with Crippen LogP contribution in [0.3, 0.4) is 0 Å². The molecule has 0 saturated carbocycles. The average Bonchev–Trinajstić information content (AvgIpc) is 2.56. The quantitative estimate of drug-likeness (QED) is 0.771. The van der Waals surface area contributed by atoms with Crippen LogP contribution in [0.1, 0.15) is 18.1 Å². The number of hydrogen-bond acceptors (Lipinski definition) is 3. The van der Waals surface area contributed by atoms with Crippen molar-refractivity contribution in [3.63, 3.8) is 0 Å². The van der Waals surface area contributed by atoms with Crippen molar-refractivity contribution in [2.75, 3.05) is 13.7 Å². The number of hydrogen-bond donors (Lipinski definition) is 0. The van der Waals surface area contributed by atoms with E-state index in [1.165, 1.54) is 13.1 Å². The summed E-state index contributed by atoms with van der Waals surface area (Å²) in [6.45, 7) is 2.29. The van der Waals surface area contributed by atoms with E-state index in [1.54, 1.807) is 24.3 Å². The number of rotatable bonds is 6. The van der Waals surface area contributed by atoms with Crippen LogP contribution in [-0.2, 0) is 22.7 Å². The number of halogens is 3. The Labute approximate surface area is 144 Å². The molecule has 25 heavy (non-hydrogen) atoms. The molecular formula is C17H18F3NO3S. The summed E-state index contributed by atoms with van der Waals surface area (Å²) in [6.07, 6.45) is -4.75. The van der Waals surface area contributed by atoms with Gasteiger partial charge in [-0.15, -0.1) is 0 Å². The summed E-state index contributed by atoms with van der Waals surface area (Å²) < 4.78 is 70.6. The number of sulfonamides is 1. The highest BCUT2D eigenvalue weighted by atomic mass is 32.2. The van der Waals surface area contributed by atoms with Gasteiger partial charge in [0.05, 0.1) is 17.1 Å². The first-order valence-electron chi connectivity index (χ1n) is 7.50. The SMILES string of the molecule is CCOc1ccc(CN(C)S(=O)(=O)c2ccccc2C(F)(F)F)cc1. The van der Waals surface area contributed by atoms with Crippen molar-refractivity contribution in [1.82, 2.24) is 4.31 Å². The van der Waals surface area contributed by atoms with Gasteiger partial charge in [0.1, 0.15) is 5.75 Å². The molecule has 0 atom stereocenters. The van der Waals surface area contributed by atoms with E-state index in [2.05, 4.69) is 0 Å². The van der Waals surface area contributed by atoms with Crippen LogP contribution in [-0.4, -0.2) is 26.4 Å². The standard InChI is InChI=1S/C17H18F3NO3S/c1-3-24-14-10-8-13(9-11-14)12-21(2)25(22,23)16-7-5-4-6-15(16)17(18,19)20/h4-11H,3,12H2,1-2H3. The summed E-state index contributed by atoms with van der Waals surface area (Å²) in [7, 11) is -3.04. The Morgan fingerprint density at radius 2 is 1.64 bits per heavy atom. The molecule has 0 spiro atoms. The van der Waals surface area contributed by atoms with E-state index in [1.807, 2.05) is 6.92 Å². The fourth-order valence-electron chi connectivity index (χ4n) is 2.29. The lowest BCUT2D eigenvalue weighted by atomic mass is 10.2. The smallest absolute Gasteiger partial charge is 0.417 e. The molecule has 0 amide bonds. The molecule has 0 aliphatic heterocycles. The van der Waals surface area contributed by atoms with Crippen LogP contribution in [0.5, 0.6) is 5.75 Å². The molecule has 0 heterocycles. The molecule has 0 aliphatic rings. The molecule has 136 valence electrons. The number of alkyl halides is 3. The van der Waals surface area contributed by atoms with E-state index in [0.717, 1.165) is 22.5 Å². The molecule has 2 rings (SSSR count). The summed E-state index contributed by atoms with van der Waals surface area (Å²) in [5, 5.41) is 0. The third kappa shape index (κ3) is 4.52. The van der Waals surface area contributed by atoms with Crippen LogP contribution in [0.4, 0.5) is 13.2 Å². The third-order valence-electron chi connectivity index (χ3n) is 3.52. The Kier molecular flexibility index (Phi) is 5.74. The fraction of sp³-hybridized carbons (Fsp3) is 0.294. The van der Waals surface area contributed by atoms with Crippen molar-refractivity contribution in [3.8, 4) is 5.75 Å². The van der Waals surface area contributed by atoms with Gasteiger partial charge in [0.2, 0.25) is 10.0 Å². The summed E-state index contributed by atoms with van der Waals surface area (Å²) in [5.41, 5.74) is -0.535. The molecule has 0 saturated heterocycles. The lowest BCUT2D eigenvalue weighted by Crippen LogP contribution is -2.28. The molecule has 4 nitrogen and oxygen atoms in total. The first-order chi connectivity index (χ1) is 11.7. The van der Waals surface area contributed by atoms with Crippen LogP contribution < -0.4 is 4.74 Å². The maximum atomic E-state index is 13.1. The van der Waals surface area contributed by atoms with Crippen LogP contribution in [0.15, 0.2) is 53.4 Å². The van der Waals surface area contributed by atoms with Gasteiger partial charge in [0.25, 0.3) is 0 Å². The number of ether oxygens (including phenoxy) is 1. The van der Waals surface area contributed by atoms with Crippen molar-refractivity contribution in [2.24, 2.45) is 0 Å². The highest BCUT2D eigenvalue weighted by Gasteiger charge is 2.38. The average molecular weight is 373 g/mol. The van der Waals surface area contributed by atoms with Crippen LogP contribution in [0.25, 0.3) is 0 Å². The second-order valence-corrected chi connectivity index (χ2v) is 7.35. The highest BCUT2D eigenvalue weighted by Crippen LogP contribution is 2.35. The van der Waals surface area contributed by atoms with Gasteiger partial charge < -0.3 is 4.74 Å². The molecule has 0 aromatic heterocycles. The Bertz CT molecular complexity index is 818. The van der Waals surface area contributed by atoms with Gasteiger partial charge in [-0.1, -0.05) is 24.3 Å². The van der Waals surface area contributed by atoms with E-state index in [4.69, 9.17) is 4.74 Å². The zero-order valence-corrected chi connectivity index (χ0v) is 14.6. The zero-order chi connectivity index (χ0) is 18.7. The molecule has 0 unspecified atom stereocenters. The summed E-state index contributed by atoms with van der Waals surface area (Å²) in [4.78, 5) is -0.754. The third-order valence-corrected chi connectivity index (χ3v) is 5.38. The van der Waals surface area contributed by atoms with Crippen molar-refractivity contribution >= 4 is 10.0 Å². The normalized spacial score (nSPS) is 12.4. The minimum absolute atomic E-state index is 0.0546. The Hall–Kier alpha value is -2.06. The molecule has 8 heteroatoms. The molecule has 0 fully saturated rings. The van der Waals surface area contributed by atoms with Crippen molar-refractivity contribution in [1.29, 1.82) is 0 Å². The molecule has 0 N–H and O–H groups in total. The van der Waals surface area contributed by atoms with Crippen molar-refractivity contribution in [3.05, 3.63) is 59.7 Å². The topological polar surface area (TPSA) is 46.6 Å². The van der Waals surface area contributed by atoms with Crippen molar-refractivity contribution < 1.29 is 26.3 Å². The zero-order valence-electron chi connectivity index (χ0n) is 13.7. The van der Waals surface area contributed by atoms with E-state index in [-0.39, 0.29) is 6.54 Å². The second kappa shape index (κ2) is 7.45. The van der Waals surface area contributed by atoms with Crippen molar-refractivity contribution in [2.45, 2.75) is 24.5 Å². The van der Waals surface area contributed by atoms with Gasteiger partial charge in [-0.25, -0.2) is 8.42 Å². The molecule has 2 aromatic carbocycles. The van der Waals surface area contributed by atoms with Gasteiger partial charge in [-0.2, -0.15) is 17.5 Å². The lowest BCUT2D eigenvalue weighted by Gasteiger charge is -2.20. The van der Waals surface area contributed by atoms with Gasteiger partial charge in [0, 0.05) is 13.6 Å². The minimum Gasteiger partial charge on any atom is -0.494 e. The maximum Gasteiger partial charge on any atom is 0.417 e. The number of benzene rings is 2. The van der Waals surface area contributed by atoms with E-state index < -0.39 is 26.7 Å². The molecule has 0 bridgehead atoms. The van der Waals surface area contributed by atoms with Crippen LogP contribution in [0.2, 0.25) is 0 Å². The van der Waals surface area contributed by atoms with Gasteiger partial charge in [-0.05, 0) is 36.8 Å².